The Bertz CT molecular complexity index is 53.9. The summed E-state index contributed by atoms with van der Waals surface area (Å²) in [5.74, 6) is 0. The molecule has 0 N–H and O–H groups in total. The van der Waals surface area contributed by atoms with Crippen molar-refractivity contribution in [2.24, 2.45) is 5.11 Å². The normalized spacial score (nSPS) is 5.80. The molecule has 0 fully saturated rings. The molecule has 0 aliphatic heterocycles. The van der Waals surface area contributed by atoms with Crippen LogP contribution >= 0.6 is 0 Å². The van der Waals surface area contributed by atoms with E-state index in [1.54, 1.807) is 0 Å². The van der Waals surface area contributed by atoms with Crippen molar-refractivity contribution in [2.75, 3.05) is 4.10 Å². The van der Waals surface area contributed by atoms with Gasteiger partial charge in [-0.25, -0.2) is 0 Å². The van der Waals surface area contributed by atoms with Gasteiger partial charge in [-0.05, 0) is 0 Å². The van der Waals surface area contributed by atoms with Gasteiger partial charge in [0.05, 0.1) is 0 Å². The number of hydrogen-bond donors (Lipinski definition) is 0. The van der Waals surface area contributed by atoms with E-state index in [-0.39, 0.29) is 0 Å². The van der Waals surface area contributed by atoms with Crippen molar-refractivity contribution in [1.82, 2.24) is 0 Å². The van der Waals surface area contributed by atoms with Gasteiger partial charge in [0, 0.05) is 0 Å². The van der Waals surface area contributed by atoms with Crippen LogP contribution in [-0.2, 0) is 0 Å². The van der Waals surface area contributed by atoms with Gasteiger partial charge in [-0.15, -0.1) is 0 Å². The molecule has 0 heterocycles. The van der Waals surface area contributed by atoms with Gasteiger partial charge in [0.15, 0.2) is 0 Å². The Labute approximate surface area is 45.7 Å². The standard InChI is InChI=1S/CH2N3.Pb/c1-3-4-2;/h1H2;. The van der Waals surface area contributed by atoms with E-state index in [1.807, 2.05) is 0 Å². The molecule has 0 unspecified atom stereocenters. The van der Waals surface area contributed by atoms with E-state index >= 15 is 0 Å². The van der Waals surface area contributed by atoms with E-state index < -0.39 is 0 Å². The molecule has 0 aromatic rings. The molecule has 0 saturated heterocycles. The summed E-state index contributed by atoms with van der Waals surface area (Å²) in [7, 11) is 0. The van der Waals surface area contributed by atoms with Crippen LogP contribution in [0.3, 0.4) is 0 Å². The van der Waals surface area contributed by atoms with Crippen LogP contribution in [0.1, 0.15) is 0 Å². The van der Waals surface area contributed by atoms with Crippen LogP contribution in [0, 0.1) is 0 Å². The van der Waals surface area contributed by atoms with Crippen LogP contribution in [0.15, 0.2) is 5.11 Å². The topological polar surface area (TPSA) is 48.8 Å². The Morgan fingerprint density at radius 1 is 2.00 bits per heavy atom. The maximum absolute atomic E-state index is 7.55. The predicted octanol–water partition coefficient (Wildman–Crippen LogP) is 0.423. The Kier molecular flexibility index (Phi) is 4.43. The second-order valence-electron chi connectivity index (χ2n) is 0.389. The average Bonchev–Trinajstić information content (AvgIpc) is 1.41. The minimum atomic E-state index is 0.691. The monoisotopic (exact) mass is 264 g/mol. The third kappa shape index (κ3) is 4.23. The molecule has 3 radical (unpaired) electrons. The molecule has 5 heavy (non-hydrogen) atoms. The summed E-state index contributed by atoms with van der Waals surface area (Å²) >= 11 is 0.978. The molecular formula is CH2N3Pb. The Hall–Kier alpha value is 0.232. The van der Waals surface area contributed by atoms with E-state index in [2.05, 4.69) is 10.0 Å². The fraction of sp³-hybridized carbons (Fsp3) is 1.00. The van der Waals surface area contributed by atoms with Gasteiger partial charge in [0.25, 0.3) is 0 Å². The van der Waals surface area contributed by atoms with Crippen molar-refractivity contribution in [1.29, 1.82) is 0 Å². The molecule has 0 spiro atoms. The first-order valence-corrected chi connectivity index (χ1v) is 3.82. The zero-order valence-electron chi connectivity index (χ0n) is 2.55. The summed E-state index contributed by atoms with van der Waals surface area (Å²) < 4.78 is 0.691. The Morgan fingerprint density at radius 3 is 2.60 bits per heavy atom. The van der Waals surface area contributed by atoms with E-state index in [9.17, 15) is 0 Å². The quantitative estimate of drug-likeness (QED) is 0.285. The van der Waals surface area contributed by atoms with Crippen molar-refractivity contribution in [3.63, 3.8) is 0 Å². The van der Waals surface area contributed by atoms with Gasteiger partial charge in [0.2, 0.25) is 0 Å². The molecule has 3 nitrogen and oxygen atoms in total. The summed E-state index contributed by atoms with van der Waals surface area (Å²) in [5, 5.41) is 3.21. The zero-order chi connectivity index (χ0) is 4.12. The van der Waals surface area contributed by atoms with Crippen LogP contribution in [-0.4, -0.2) is 29.9 Å². The predicted molar refractivity (Wildman–Crippen MR) is 19.8 cm³/mol. The SMILES string of the molecule is [N-]=[N+]=N[CH2][Pb]. The maximum atomic E-state index is 7.55. The Morgan fingerprint density at radius 2 is 2.60 bits per heavy atom. The molecule has 0 atom stereocenters. The second kappa shape index (κ2) is 4.23. The van der Waals surface area contributed by atoms with E-state index in [0.717, 1.165) is 25.8 Å². The van der Waals surface area contributed by atoms with Crippen LogP contribution in [0.4, 0.5) is 0 Å². The van der Waals surface area contributed by atoms with E-state index in [1.165, 1.54) is 0 Å². The van der Waals surface area contributed by atoms with Crippen molar-refractivity contribution >= 4 is 25.8 Å². The molecule has 0 aliphatic carbocycles. The van der Waals surface area contributed by atoms with Gasteiger partial charge in [0.1, 0.15) is 0 Å². The summed E-state index contributed by atoms with van der Waals surface area (Å²) in [4.78, 5) is 2.51. The first-order chi connectivity index (χ1) is 2.41. The molecule has 0 bridgehead atoms. The number of azide groups is 1. The van der Waals surface area contributed by atoms with Gasteiger partial charge < -0.3 is 0 Å². The van der Waals surface area contributed by atoms with E-state index in [4.69, 9.17) is 5.53 Å². The summed E-state index contributed by atoms with van der Waals surface area (Å²) in [5.41, 5.74) is 7.55. The average molecular weight is 263 g/mol. The number of nitrogens with zero attached hydrogens (tertiary/aromatic N) is 3. The molecule has 0 amide bonds. The van der Waals surface area contributed by atoms with E-state index in [0.29, 0.717) is 4.10 Å². The number of rotatable bonds is 1. The summed E-state index contributed by atoms with van der Waals surface area (Å²) in [6.07, 6.45) is 0. The minimum absolute atomic E-state index is 0.691. The van der Waals surface area contributed by atoms with Crippen molar-refractivity contribution in [3.8, 4) is 0 Å². The molecule has 25 valence electrons. The molecule has 0 aliphatic rings. The van der Waals surface area contributed by atoms with Gasteiger partial charge >= 0.3 is 45.4 Å². The van der Waals surface area contributed by atoms with Crippen LogP contribution < -0.4 is 0 Å². The van der Waals surface area contributed by atoms with Crippen molar-refractivity contribution in [3.05, 3.63) is 10.4 Å². The summed E-state index contributed by atoms with van der Waals surface area (Å²) in [6, 6.07) is 0. The molecule has 4 heteroatoms. The van der Waals surface area contributed by atoms with Crippen LogP contribution in [0.2, 0.25) is 0 Å². The second-order valence-corrected chi connectivity index (χ2v) is 1.62. The molecule has 0 aromatic carbocycles. The fourth-order valence-corrected chi connectivity index (χ4v) is 0.277. The third-order valence-electron chi connectivity index (χ3n) is 0.134. The van der Waals surface area contributed by atoms with Gasteiger partial charge in [-0.3, -0.25) is 0 Å². The van der Waals surface area contributed by atoms with Crippen molar-refractivity contribution in [2.45, 2.75) is 0 Å². The first-order valence-electron chi connectivity index (χ1n) is 1.07. The van der Waals surface area contributed by atoms with Crippen LogP contribution in [0.25, 0.3) is 10.4 Å². The molecule has 0 aromatic heterocycles. The summed E-state index contributed by atoms with van der Waals surface area (Å²) in [6.45, 7) is 0. The zero-order valence-corrected chi connectivity index (χ0v) is 6.44. The third-order valence-corrected chi connectivity index (χ3v) is 0.684. The number of hydrogen-bond acceptors (Lipinski definition) is 1. The first kappa shape index (κ1) is 5.23. The molecule has 0 rings (SSSR count). The molecule has 0 saturated carbocycles. The van der Waals surface area contributed by atoms with Gasteiger partial charge in [-0.1, -0.05) is 0 Å². The Balaban J connectivity index is 2.93. The van der Waals surface area contributed by atoms with Crippen molar-refractivity contribution < 1.29 is 0 Å². The molecular weight excluding hydrogens is 261 g/mol. The van der Waals surface area contributed by atoms with Crippen LogP contribution in [0.5, 0.6) is 0 Å². The van der Waals surface area contributed by atoms with Gasteiger partial charge in [-0.2, -0.15) is 0 Å². The fourth-order valence-electron chi connectivity index (χ4n) is 0.0316.